The zero-order valence-electron chi connectivity index (χ0n) is 12.4. The van der Waals surface area contributed by atoms with Crippen molar-refractivity contribution in [2.24, 2.45) is 0 Å². The van der Waals surface area contributed by atoms with Crippen molar-refractivity contribution in [3.8, 4) is 0 Å². The molecule has 0 saturated carbocycles. The Bertz CT molecular complexity index is 394. The van der Waals surface area contributed by atoms with Gasteiger partial charge in [0.15, 0.2) is 0 Å². The summed E-state index contributed by atoms with van der Waals surface area (Å²) in [6.07, 6.45) is 0.599. The molecular formula is C15H25ClN2O. The maximum atomic E-state index is 9.59. The van der Waals surface area contributed by atoms with Crippen LogP contribution in [0.5, 0.6) is 0 Å². The van der Waals surface area contributed by atoms with Crippen molar-refractivity contribution >= 4 is 17.3 Å². The zero-order valence-corrected chi connectivity index (χ0v) is 13.1. The minimum absolute atomic E-state index is 0.523. The van der Waals surface area contributed by atoms with Gasteiger partial charge in [0.05, 0.1) is 6.10 Å². The van der Waals surface area contributed by atoms with Crippen LogP contribution in [0, 0.1) is 0 Å². The summed E-state index contributed by atoms with van der Waals surface area (Å²) in [6, 6.07) is 5.90. The first-order chi connectivity index (χ1) is 8.95. The lowest BCUT2D eigenvalue weighted by Gasteiger charge is -2.25. The van der Waals surface area contributed by atoms with E-state index in [2.05, 4.69) is 30.8 Å². The second kappa shape index (κ2) is 7.73. The van der Waals surface area contributed by atoms with Gasteiger partial charge in [-0.25, -0.2) is 0 Å². The predicted octanol–water partition coefficient (Wildman–Crippen LogP) is 3.17. The predicted molar refractivity (Wildman–Crippen MR) is 83.1 cm³/mol. The van der Waals surface area contributed by atoms with Crippen molar-refractivity contribution < 1.29 is 5.11 Å². The molecule has 0 radical (unpaired) electrons. The summed E-state index contributed by atoms with van der Waals surface area (Å²) in [5, 5.41) is 10.2. The number of hydrogen-bond acceptors (Lipinski definition) is 3. The average molecular weight is 285 g/mol. The summed E-state index contributed by atoms with van der Waals surface area (Å²) in [4.78, 5) is 4.50. The fourth-order valence-electron chi connectivity index (χ4n) is 2.10. The summed E-state index contributed by atoms with van der Waals surface area (Å²) >= 11 is 6.22. The number of rotatable bonds is 7. The molecular weight excluding hydrogens is 260 g/mol. The van der Waals surface area contributed by atoms with Gasteiger partial charge in [0, 0.05) is 23.8 Å². The van der Waals surface area contributed by atoms with E-state index >= 15 is 0 Å². The third kappa shape index (κ3) is 5.01. The molecule has 19 heavy (non-hydrogen) atoms. The van der Waals surface area contributed by atoms with Crippen molar-refractivity contribution in [2.75, 3.05) is 38.6 Å². The minimum atomic E-state index is -0.523. The van der Waals surface area contributed by atoms with Gasteiger partial charge in [-0.15, -0.1) is 0 Å². The number of hydrogen-bond donors (Lipinski definition) is 1. The fourth-order valence-corrected chi connectivity index (χ4v) is 2.43. The van der Waals surface area contributed by atoms with Crippen LogP contribution < -0.4 is 4.90 Å². The summed E-state index contributed by atoms with van der Waals surface area (Å²) in [5.74, 6) is 0. The molecule has 0 amide bonds. The summed E-state index contributed by atoms with van der Waals surface area (Å²) in [5.41, 5.74) is 1.91. The van der Waals surface area contributed by atoms with E-state index in [-0.39, 0.29) is 0 Å². The van der Waals surface area contributed by atoms with Crippen LogP contribution in [0.2, 0.25) is 5.02 Å². The highest BCUT2D eigenvalue weighted by molar-refractivity contribution is 6.31. The second-order valence-corrected chi connectivity index (χ2v) is 5.53. The number of anilines is 1. The van der Waals surface area contributed by atoms with Gasteiger partial charge in [-0.2, -0.15) is 0 Å². The Labute approximate surface area is 121 Å². The molecule has 0 aliphatic heterocycles. The Morgan fingerprint density at radius 2 is 1.95 bits per heavy atom. The summed E-state index contributed by atoms with van der Waals surface area (Å²) in [6.45, 7) is 6.93. The minimum Gasteiger partial charge on any atom is -0.389 e. The van der Waals surface area contributed by atoms with Gasteiger partial charge in [0.2, 0.25) is 0 Å². The first-order valence-electron chi connectivity index (χ1n) is 6.83. The summed E-state index contributed by atoms with van der Waals surface area (Å²) < 4.78 is 0. The number of benzene rings is 1. The van der Waals surface area contributed by atoms with Crippen LogP contribution in [-0.4, -0.2) is 43.7 Å². The molecule has 1 N–H and O–H groups in total. The Morgan fingerprint density at radius 3 is 2.42 bits per heavy atom. The quantitative estimate of drug-likeness (QED) is 0.833. The lowest BCUT2D eigenvalue weighted by atomic mass is 10.1. The van der Waals surface area contributed by atoms with Gasteiger partial charge in [-0.3, -0.25) is 0 Å². The van der Waals surface area contributed by atoms with E-state index in [1.165, 1.54) is 0 Å². The molecule has 108 valence electrons. The van der Waals surface area contributed by atoms with Crippen molar-refractivity contribution in [2.45, 2.75) is 26.4 Å². The van der Waals surface area contributed by atoms with Crippen molar-refractivity contribution in [3.05, 3.63) is 28.8 Å². The normalized spacial score (nSPS) is 12.8. The molecule has 0 fully saturated rings. The Morgan fingerprint density at radius 1 is 1.26 bits per heavy atom. The number of aliphatic hydroxyl groups excluding tert-OH is 1. The average Bonchev–Trinajstić information content (AvgIpc) is 2.33. The fraction of sp³-hybridized carbons (Fsp3) is 0.600. The number of aliphatic hydroxyl groups is 1. The maximum absolute atomic E-state index is 9.59. The molecule has 1 aromatic rings. The van der Waals surface area contributed by atoms with Gasteiger partial charge in [-0.05, 0) is 58.6 Å². The highest BCUT2D eigenvalue weighted by Crippen LogP contribution is 2.27. The Hall–Kier alpha value is -0.770. The van der Waals surface area contributed by atoms with E-state index in [0.717, 1.165) is 37.3 Å². The van der Waals surface area contributed by atoms with Crippen molar-refractivity contribution in [3.63, 3.8) is 0 Å². The van der Waals surface area contributed by atoms with E-state index in [0.29, 0.717) is 5.02 Å². The van der Waals surface area contributed by atoms with E-state index in [9.17, 15) is 5.11 Å². The third-order valence-electron chi connectivity index (χ3n) is 3.21. The van der Waals surface area contributed by atoms with Crippen LogP contribution in [0.4, 0.5) is 5.69 Å². The number of halogens is 1. The molecule has 1 atom stereocenters. The Balaban J connectivity index is 2.73. The molecule has 1 aromatic carbocycles. The molecule has 1 rings (SSSR count). The first kappa shape index (κ1) is 16.3. The Kier molecular flexibility index (Phi) is 6.63. The van der Waals surface area contributed by atoms with Crippen LogP contribution in [0.3, 0.4) is 0 Å². The molecule has 0 heterocycles. The molecule has 3 nitrogen and oxygen atoms in total. The lowest BCUT2D eigenvalue weighted by Crippen LogP contribution is -2.27. The molecule has 0 bridgehead atoms. The second-order valence-electron chi connectivity index (χ2n) is 5.12. The SMILES string of the molecule is CCN(CCCN(C)C)c1ccc(C(C)O)c(Cl)c1. The van der Waals surface area contributed by atoms with Gasteiger partial charge < -0.3 is 14.9 Å². The first-order valence-corrected chi connectivity index (χ1v) is 7.20. The van der Waals surface area contributed by atoms with E-state index in [1.54, 1.807) is 6.92 Å². The third-order valence-corrected chi connectivity index (χ3v) is 3.54. The van der Waals surface area contributed by atoms with Crippen LogP contribution in [-0.2, 0) is 0 Å². The number of nitrogens with zero attached hydrogens (tertiary/aromatic N) is 2. The van der Waals surface area contributed by atoms with E-state index in [1.807, 2.05) is 18.2 Å². The monoisotopic (exact) mass is 284 g/mol. The molecule has 0 aliphatic carbocycles. The topological polar surface area (TPSA) is 26.7 Å². The van der Waals surface area contributed by atoms with E-state index in [4.69, 9.17) is 11.6 Å². The van der Waals surface area contributed by atoms with Crippen LogP contribution in [0.15, 0.2) is 18.2 Å². The van der Waals surface area contributed by atoms with Gasteiger partial charge in [0.25, 0.3) is 0 Å². The molecule has 0 aliphatic rings. The largest absolute Gasteiger partial charge is 0.389 e. The molecule has 4 heteroatoms. The highest BCUT2D eigenvalue weighted by Gasteiger charge is 2.10. The van der Waals surface area contributed by atoms with Gasteiger partial charge >= 0.3 is 0 Å². The van der Waals surface area contributed by atoms with Crippen LogP contribution in [0.1, 0.15) is 31.9 Å². The van der Waals surface area contributed by atoms with Gasteiger partial charge in [0.1, 0.15) is 0 Å². The molecule has 0 spiro atoms. The smallest absolute Gasteiger partial charge is 0.0776 e. The highest BCUT2D eigenvalue weighted by atomic mass is 35.5. The van der Waals surface area contributed by atoms with Crippen LogP contribution in [0.25, 0.3) is 0 Å². The maximum Gasteiger partial charge on any atom is 0.0776 e. The van der Waals surface area contributed by atoms with Gasteiger partial charge in [-0.1, -0.05) is 17.7 Å². The standard InChI is InChI=1S/C15H25ClN2O/c1-5-18(10-6-9-17(3)4)13-7-8-14(12(2)19)15(16)11-13/h7-8,11-12,19H,5-6,9-10H2,1-4H3. The van der Waals surface area contributed by atoms with E-state index < -0.39 is 6.10 Å². The lowest BCUT2D eigenvalue weighted by molar-refractivity contribution is 0.199. The van der Waals surface area contributed by atoms with Crippen molar-refractivity contribution in [1.29, 1.82) is 0 Å². The molecule has 1 unspecified atom stereocenters. The zero-order chi connectivity index (χ0) is 14.4. The molecule has 0 saturated heterocycles. The van der Waals surface area contributed by atoms with Crippen molar-refractivity contribution in [1.82, 2.24) is 4.90 Å². The summed E-state index contributed by atoms with van der Waals surface area (Å²) in [7, 11) is 4.18. The van der Waals surface area contributed by atoms with Crippen LogP contribution >= 0.6 is 11.6 Å². The molecule has 0 aromatic heterocycles.